The lowest BCUT2D eigenvalue weighted by Gasteiger charge is -2.22. The fraction of sp³-hybridized carbons (Fsp3) is 0.160. The summed E-state index contributed by atoms with van der Waals surface area (Å²) in [4.78, 5) is 5.41. The van der Waals surface area contributed by atoms with Crippen molar-refractivity contribution < 1.29 is 22.7 Å². The van der Waals surface area contributed by atoms with Crippen LogP contribution in [0.3, 0.4) is 0 Å². The summed E-state index contributed by atoms with van der Waals surface area (Å²) >= 11 is 0. The van der Waals surface area contributed by atoms with Crippen LogP contribution in [0, 0.1) is 6.92 Å². The Morgan fingerprint density at radius 2 is 1.55 bits per heavy atom. The molecule has 0 atom stereocenters. The Hall–Kier alpha value is -3.78. The first-order chi connectivity index (χ1) is 15.9. The van der Waals surface area contributed by atoms with E-state index < -0.39 is 10.0 Å². The number of nitrogens with zero attached hydrogens (tertiary/aromatic N) is 2. The highest BCUT2D eigenvalue weighted by Crippen LogP contribution is 2.32. The van der Waals surface area contributed by atoms with Gasteiger partial charge in [-0.25, -0.2) is 12.7 Å². The predicted molar refractivity (Wildman–Crippen MR) is 130 cm³/mol. The molecular formula is C25H26N2O5S. The summed E-state index contributed by atoms with van der Waals surface area (Å²) in [6, 6.07) is 21.1. The standard InChI is InChI=1S/C25H26N2O5S/c1-20-10-12-25(13-11-20)33(28,29)27(22-16-23(30-2)18-24(17-22)31-3)14-7-15-32-26-19-21-8-5-4-6-9-21/h4-14,16-19H,15H2,1-3H3/b14-7+,26-19+. The number of hydrogen-bond acceptors (Lipinski definition) is 6. The Morgan fingerprint density at radius 3 is 2.15 bits per heavy atom. The van der Waals surface area contributed by atoms with Crippen molar-refractivity contribution >= 4 is 21.9 Å². The summed E-state index contributed by atoms with van der Waals surface area (Å²) in [7, 11) is -0.904. The first-order valence-electron chi connectivity index (χ1n) is 10.2. The van der Waals surface area contributed by atoms with Gasteiger partial charge in [-0.3, -0.25) is 0 Å². The summed E-state index contributed by atoms with van der Waals surface area (Å²) in [5, 5.41) is 3.91. The second kappa shape index (κ2) is 11.2. The fourth-order valence-corrected chi connectivity index (χ4v) is 4.25. The molecule has 0 saturated heterocycles. The summed E-state index contributed by atoms with van der Waals surface area (Å²) in [5.74, 6) is 0.927. The van der Waals surface area contributed by atoms with Gasteiger partial charge in [-0.05, 0) is 30.7 Å². The Bertz CT molecular complexity index is 1190. The summed E-state index contributed by atoms with van der Waals surface area (Å²) in [5.41, 5.74) is 2.22. The van der Waals surface area contributed by atoms with E-state index >= 15 is 0 Å². The SMILES string of the molecule is COc1cc(OC)cc(N(/C=C/CO/N=C/c2ccccc2)S(=O)(=O)c2ccc(C)cc2)c1. The minimum Gasteiger partial charge on any atom is -0.497 e. The van der Waals surface area contributed by atoms with Crippen molar-refractivity contribution in [3.05, 3.63) is 96.2 Å². The van der Waals surface area contributed by atoms with Gasteiger partial charge in [0.25, 0.3) is 10.0 Å². The van der Waals surface area contributed by atoms with Gasteiger partial charge in [-0.2, -0.15) is 0 Å². The number of rotatable bonds is 10. The minimum atomic E-state index is -3.92. The van der Waals surface area contributed by atoms with Crippen LogP contribution in [0.15, 0.2) is 95.1 Å². The van der Waals surface area contributed by atoms with Crippen molar-refractivity contribution in [1.29, 1.82) is 0 Å². The van der Waals surface area contributed by atoms with E-state index in [4.69, 9.17) is 14.3 Å². The molecule has 0 bridgehead atoms. The summed E-state index contributed by atoms with van der Waals surface area (Å²) < 4.78 is 38.7. The highest BCUT2D eigenvalue weighted by atomic mass is 32.2. The lowest BCUT2D eigenvalue weighted by atomic mass is 10.2. The van der Waals surface area contributed by atoms with Gasteiger partial charge >= 0.3 is 0 Å². The number of ether oxygens (including phenoxy) is 2. The maximum Gasteiger partial charge on any atom is 0.268 e. The molecule has 8 heteroatoms. The van der Waals surface area contributed by atoms with Gasteiger partial charge < -0.3 is 14.3 Å². The van der Waals surface area contributed by atoms with Gasteiger partial charge in [0.15, 0.2) is 0 Å². The molecular weight excluding hydrogens is 440 g/mol. The molecule has 0 N–H and O–H groups in total. The zero-order valence-corrected chi connectivity index (χ0v) is 19.5. The van der Waals surface area contributed by atoms with Crippen LogP contribution < -0.4 is 13.8 Å². The highest BCUT2D eigenvalue weighted by Gasteiger charge is 2.24. The number of methoxy groups -OCH3 is 2. The molecule has 0 fully saturated rings. The van der Waals surface area contributed by atoms with Crippen LogP contribution in [0.4, 0.5) is 5.69 Å². The summed E-state index contributed by atoms with van der Waals surface area (Å²) in [6.45, 7) is 1.97. The van der Waals surface area contributed by atoms with Gasteiger partial charge in [0.1, 0.15) is 18.1 Å². The molecule has 0 saturated carbocycles. The molecule has 0 aromatic heterocycles. The normalized spacial score (nSPS) is 11.6. The van der Waals surface area contributed by atoms with E-state index in [2.05, 4.69) is 5.16 Å². The van der Waals surface area contributed by atoms with Gasteiger partial charge in [-0.1, -0.05) is 53.2 Å². The fourth-order valence-electron chi connectivity index (χ4n) is 2.91. The smallest absolute Gasteiger partial charge is 0.268 e. The van der Waals surface area contributed by atoms with Gasteiger partial charge in [0, 0.05) is 24.4 Å². The third-order valence-corrected chi connectivity index (χ3v) is 6.37. The topological polar surface area (TPSA) is 77.4 Å². The second-order valence-electron chi connectivity index (χ2n) is 7.01. The molecule has 7 nitrogen and oxygen atoms in total. The molecule has 0 spiro atoms. The summed E-state index contributed by atoms with van der Waals surface area (Å²) in [6.07, 6.45) is 4.59. The predicted octanol–water partition coefficient (Wildman–Crippen LogP) is 4.77. The Kier molecular flexibility index (Phi) is 8.10. The van der Waals surface area contributed by atoms with E-state index in [0.717, 1.165) is 15.4 Å². The van der Waals surface area contributed by atoms with Crippen molar-refractivity contribution in [3.63, 3.8) is 0 Å². The van der Waals surface area contributed by atoms with E-state index in [1.165, 1.54) is 20.4 Å². The zero-order chi connectivity index (χ0) is 23.7. The van der Waals surface area contributed by atoms with E-state index in [0.29, 0.717) is 17.2 Å². The van der Waals surface area contributed by atoms with E-state index in [1.54, 1.807) is 54.8 Å². The van der Waals surface area contributed by atoms with Crippen LogP contribution in [-0.2, 0) is 14.9 Å². The molecule has 0 amide bonds. The van der Waals surface area contributed by atoms with Crippen LogP contribution in [0.1, 0.15) is 11.1 Å². The number of oxime groups is 1. The molecule has 33 heavy (non-hydrogen) atoms. The van der Waals surface area contributed by atoms with Crippen molar-refractivity contribution in [2.45, 2.75) is 11.8 Å². The van der Waals surface area contributed by atoms with E-state index in [9.17, 15) is 8.42 Å². The lowest BCUT2D eigenvalue weighted by molar-refractivity contribution is 0.176. The van der Waals surface area contributed by atoms with Crippen molar-refractivity contribution in [2.75, 3.05) is 25.1 Å². The molecule has 3 aromatic carbocycles. The number of anilines is 1. The minimum absolute atomic E-state index is 0.0738. The van der Waals surface area contributed by atoms with Crippen LogP contribution in [0.25, 0.3) is 0 Å². The van der Waals surface area contributed by atoms with Crippen LogP contribution >= 0.6 is 0 Å². The van der Waals surface area contributed by atoms with E-state index in [-0.39, 0.29) is 11.5 Å². The first kappa shape index (κ1) is 23.9. The Morgan fingerprint density at radius 1 is 0.909 bits per heavy atom. The van der Waals surface area contributed by atoms with Crippen molar-refractivity contribution in [2.24, 2.45) is 5.16 Å². The first-order valence-corrected chi connectivity index (χ1v) is 11.6. The van der Waals surface area contributed by atoms with Gasteiger partial charge in [-0.15, -0.1) is 0 Å². The Balaban J connectivity index is 1.88. The van der Waals surface area contributed by atoms with Crippen LogP contribution in [0.5, 0.6) is 11.5 Å². The molecule has 3 rings (SSSR count). The third-order valence-electron chi connectivity index (χ3n) is 4.66. The van der Waals surface area contributed by atoms with Gasteiger partial charge in [0.2, 0.25) is 0 Å². The monoisotopic (exact) mass is 466 g/mol. The molecule has 0 heterocycles. The second-order valence-corrected chi connectivity index (χ2v) is 8.83. The lowest BCUT2D eigenvalue weighted by Crippen LogP contribution is -2.26. The van der Waals surface area contributed by atoms with Gasteiger partial charge in [0.05, 0.1) is 31.0 Å². The largest absolute Gasteiger partial charge is 0.497 e. The van der Waals surface area contributed by atoms with Crippen molar-refractivity contribution in [1.82, 2.24) is 0 Å². The number of sulfonamides is 1. The zero-order valence-electron chi connectivity index (χ0n) is 18.7. The van der Waals surface area contributed by atoms with Crippen molar-refractivity contribution in [3.8, 4) is 11.5 Å². The number of hydrogen-bond donors (Lipinski definition) is 0. The molecule has 0 aliphatic rings. The molecule has 172 valence electrons. The number of benzene rings is 3. The maximum absolute atomic E-state index is 13.5. The average Bonchev–Trinajstić information content (AvgIpc) is 2.84. The Labute approximate surface area is 194 Å². The quantitative estimate of drug-likeness (QED) is 0.244. The number of aryl methyl sites for hydroxylation is 1. The maximum atomic E-state index is 13.5. The molecule has 0 aliphatic carbocycles. The van der Waals surface area contributed by atoms with Crippen LogP contribution in [-0.4, -0.2) is 35.5 Å². The molecule has 0 unspecified atom stereocenters. The third kappa shape index (κ3) is 6.36. The highest BCUT2D eigenvalue weighted by molar-refractivity contribution is 7.93. The van der Waals surface area contributed by atoms with E-state index in [1.807, 2.05) is 37.3 Å². The van der Waals surface area contributed by atoms with Crippen LogP contribution in [0.2, 0.25) is 0 Å². The average molecular weight is 467 g/mol. The molecule has 0 aliphatic heterocycles. The molecule has 0 radical (unpaired) electrons. The molecule has 3 aromatic rings.